The Morgan fingerprint density at radius 1 is 0.487 bits per heavy atom. The Morgan fingerprint density at radius 2 is 0.821 bits per heavy atom. The fourth-order valence-electron chi connectivity index (χ4n) is 6.43. The molecule has 0 spiro atoms. The van der Waals surface area contributed by atoms with E-state index in [0.29, 0.717) is 12.0 Å². The second-order valence-corrected chi connectivity index (χ2v) is 12.9. The molecule has 1 N–H and O–H groups in total. The standard InChI is InChI=1S/C37H72N2/c1-5-8-11-14-16-18-19-20-21-22-24-26-29-32-36(31-28-13-10-7-3)37-38-33-34-39(37)35(4)30-27-25-23-17-15-12-9-6-2/h33-36H,5-32H2,1-4H3/p+1. The molecule has 2 atom stereocenters. The minimum Gasteiger partial charge on any atom is -0.247 e. The zero-order valence-electron chi connectivity index (χ0n) is 27.6. The van der Waals surface area contributed by atoms with Crippen molar-refractivity contribution in [2.24, 2.45) is 0 Å². The first-order chi connectivity index (χ1) is 19.2. The number of nitrogens with one attached hydrogen (secondary N) is 1. The lowest BCUT2D eigenvalue weighted by Crippen LogP contribution is -2.41. The van der Waals surface area contributed by atoms with E-state index in [2.05, 4.69) is 49.6 Å². The van der Waals surface area contributed by atoms with Gasteiger partial charge in [-0.15, -0.1) is 0 Å². The van der Waals surface area contributed by atoms with E-state index in [1.54, 1.807) is 0 Å². The first kappa shape index (κ1) is 36.2. The second kappa shape index (κ2) is 27.4. The normalized spacial score (nSPS) is 13.2. The van der Waals surface area contributed by atoms with Crippen LogP contribution in [0.25, 0.3) is 0 Å². The Bertz CT molecular complexity index is 606. The lowest BCUT2D eigenvalue weighted by atomic mass is 9.93. The number of hydrogen-bond acceptors (Lipinski definition) is 0. The highest BCUT2D eigenvalue weighted by molar-refractivity contribution is 4.90. The average Bonchev–Trinajstić information content (AvgIpc) is 3.44. The SMILES string of the molecule is CCCCCCCCCCCCCCCC(CCCCCC)c1[nH]cc[n+]1C(C)CCCCCCCCCC. The Kier molecular flexibility index (Phi) is 25.4. The molecule has 1 rings (SSSR count). The van der Waals surface area contributed by atoms with Gasteiger partial charge >= 0.3 is 0 Å². The summed E-state index contributed by atoms with van der Waals surface area (Å²) in [6.07, 6.45) is 44.2. The Labute approximate surface area is 246 Å². The molecule has 0 aromatic carbocycles. The number of hydrogen-bond donors (Lipinski definition) is 1. The first-order valence-corrected chi connectivity index (χ1v) is 18.3. The molecule has 1 aromatic heterocycles. The van der Waals surface area contributed by atoms with Crippen molar-refractivity contribution in [3.8, 4) is 0 Å². The average molecular weight is 546 g/mol. The summed E-state index contributed by atoms with van der Waals surface area (Å²) in [5.74, 6) is 2.24. The molecule has 0 aliphatic heterocycles. The fraction of sp³-hybridized carbons (Fsp3) is 0.919. The van der Waals surface area contributed by atoms with Crippen molar-refractivity contribution in [2.45, 2.75) is 219 Å². The van der Waals surface area contributed by atoms with Crippen LogP contribution in [0, 0.1) is 0 Å². The number of imidazole rings is 1. The molecule has 2 nitrogen and oxygen atoms in total. The zero-order valence-corrected chi connectivity index (χ0v) is 27.6. The number of H-pyrrole nitrogens is 1. The van der Waals surface area contributed by atoms with Crippen LogP contribution < -0.4 is 4.57 Å². The highest BCUT2D eigenvalue weighted by Crippen LogP contribution is 2.27. The number of rotatable bonds is 30. The Balaban J connectivity index is 2.33. The summed E-state index contributed by atoms with van der Waals surface area (Å²) in [7, 11) is 0. The van der Waals surface area contributed by atoms with E-state index in [4.69, 9.17) is 0 Å². The molecule has 0 aliphatic rings. The molecule has 39 heavy (non-hydrogen) atoms. The second-order valence-electron chi connectivity index (χ2n) is 12.9. The van der Waals surface area contributed by atoms with Gasteiger partial charge in [0.05, 0.1) is 12.0 Å². The van der Waals surface area contributed by atoms with Gasteiger partial charge in [-0.1, -0.05) is 175 Å². The summed E-state index contributed by atoms with van der Waals surface area (Å²) < 4.78 is 2.62. The van der Waals surface area contributed by atoms with Crippen LogP contribution in [0.15, 0.2) is 12.4 Å². The van der Waals surface area contributed by atoms with Gasteiger partial charge in [0.15, 0.2) is 0 Å². The van der Waals surface area contributed by atoms with Crippen molar-refractivity contribution >= 4 is 0 Å². The third-order valence-corrected chi connectivity index (χ3v) is 9.14. The van der Waals surface area contributed by atoms with Crippen LogP contribution in [-0.2, 0) is 0 Å². The van der Waals surface area contributed by atoms with Crippen molar-refractivity contribution in [3.63, 3.8) is 0 Å². The van der Waals surface area contributed by atoms with Gasteiger partial charge in [0.1, 0.15) is 12.4 Å². The predicted octanol–water partition coefficient (Wildman–Crippen LogP) is 12.9. The van der Waals surface area contributed by atoms with E-state index in [1.807, 2.05) is 0 Å². The third kappa shape index (κ3) is 19.8. The number of aromatic nitrogens is 2. The zero-order chi connectivity index (χ0) is 28.2. The molecular formula is C37H73N2+. The number of unbranched alkanes of at least 4 members (excludes halogenated alkanes) is 22. The molecule has 1 aromatic rings. The van der Waals surface area contributed by atoms with Crippen LogP contribution in [0.4, 0.5) is 0 Å². The lowest BCUT2D eigenvalue weighted by molar-refractivity contribution is -0.727. The van der Waals surface area contributed by atoms with E-state index in [-0.39, 0.29) is 0 Å². The largest absolute Gasteiger partial charge is 0.257 e. The molecule has 230 valence electrons. The highest BCUT2D eigenvalue weighted by Gasteiger charge is 2.25. The molecule has 0 saturated heterocycles. The van der Waals surface area contributed by atoms with Gasteiger partial charge in [-0.05, 0) is 32.6 Å². The lowest BCUT2D eigenvalue weighted by Gasteiger charge is -2.17. The third-order valence-electron chi connectivity index (χ3n) is 9.14. The molecule has 0 saturated carbocycles. The molecule has 0 bridgehead atoms. The maximum atomic E-state index is 3.72. The molecule has 0 fully saturated rings. The summed E-state index contributed by atoms with van der Waals surface area (Å²) in [5.41, 5.74) is 0. The maximum absolute atomic E-state index is 3.72. The molecule has 2 unspecified atom stereocenters. The van der Waals surface area contributed by atoms with Gasteiger partial charge in [0.2, 0.25) is 0 Å². The molecule has 1 heterocycles. The molecule has 2 heteroatoms. The van der Waals surface area contributed by atoms with Crippen molar-refractivity contribution in [1.29, 1.82) is 0 Å². The summed E-state index contributed by atoms with van der Waals surface area (Å²) in [4.78, 5) is 3.72. The van der Waals surface area contributed by atoms with Crippen molar-refractivity contribution in [2.75, 3.05) is 0 Å². The first-order valence-electron chi connectivity index (χ1n) is 18.3. The van der Waals surface area contributed by atoms with Crippen LogP contribution >= 0.6 is 0 Å². The Morgan fingerprint density at radius 3 is 1.23 bits per heavy atom. The van der Waals surface area contributed by atoms with Crippen LogP contribution in [-0.4, -0.2) is 4.98 Å². The number of nitrogens with zero attached hydrogens (tertiary/aromatic N) is 1. The quantitative estimate of drug-likeness (QED) is 0.0732. The monoisotopic (exact) mass is 546 g/mol. The van der Waals surface area contributed by atoms with E-state index >= 15 is 0 Å². The minimum atomic E-state index is 0.621. The summed E-state index contributed by atoms with van der Waals surface area (Å²) in [6.45, 7) is 9.40. The van der Waals surface area contributed by atoms with Gasteiger partial charge in [-0.25, -0.2) is 9.55 Å². The van der Waals surface area contributed by atoms with Gasteiger partial charge in [0, 0.05) is 0 Å². The van der Waals surface area contributed by atoms with E-state index < -0.39 is 0 Å². The topological polar surface area (TPSA) is 19.7 Å². The fourth-order valence-corrected chi connectivity index (χ4v) is 6.43. The Hall–Kier alpha value is -0.790. The van der Waals surface area contributed by atoms with Crippen LogP contribution in [0.5, 0.6) is 0 Å². The van der Waals surface area contributed by atoms with Crippen LogP contribution in [0.3, 0.4) is 0 Å². The van der Waals surface area contributed by atoms with Gasteiger partial charge in [-0.3, -0.25) is 0 Å². The van der Waals surface area contributed by atoms with Crippen LogP contribution in [0.1, 0.15) is 225 Å². The minimum absolute atomic E-state index is 0.621. The summed E-state index contributed by atoms with van der Waals surface area (Å²) in [5, 5.41) is 0. The van der Waals surface area contributed by atoms with Crippen molar-refractivity contribution in [1.82, 2.24) is 4.98 Å². The predicted molar refractivity (Wildman–Crippen MR) is 175 cm³/mol. The van der Waals surface area contributed by atoms with E-state index in [9.17, 15) is 0 Å². The summed E-state index contributed by atoms with van der Waals surface area (Å²) >= 11 is 0. The van der Waals surface area contributed by atoms with E-state index in [0.717, 1.165) is 0 Å². The molecule has 0 aliphatic carbocycles. The smallest absolute Gasteiger partial charge is 0.247 e. The van der Waals surface area contributed by atoms with Gasteiger partial charge in [0.25, 0.3) is 5.82 Å². The van der Waals surface area contributed by atoms with Crippen molar-refractivity contribution < 1.29 is 4.57 Å². The van der Waals surface area contributed by atoms with Gasteiger partial charge in [-0.2, -0.15) is 0 Å². The summed E-state index contributed by atoms with van der Waals surface area (Å²) in [6, 6.07) is 0.621. The van der Waals surface area contributed by atoms with Gasteiger partial charge < -0.3 is 0 Å². The maximum Gasteiger partial charge on any atom is 0.257 e. The van der Waals surface area contributed by atoms with Crippen LogP contribution in [0.2, 0.25) is 0 Å². The molecule has 0 radical (unpaired) electrons. The number of aromatic amines is 1. The van der Waals surface area contributed by atoms with E-state index in [1.165, 1.54) is 186 Å². The van der Waals surface area contributed by atoms with Crippen molar-refractivity contribution in [3.05, 3.63) is 18.2 Å². The molecular weight excluding hydrogens is 472 g/mol. The molecule has 0 amide bonds. The highest BCUT2D eigenvalue weighted by atomic mass is 15.1.